The lowest BCUT2D eigenvalue weighted by atomic mass is 9.87. The molecule has 4 rings (SSSR count). The summed E-state index contributed by atoms with van der Waals surface area (Å²) in [5.74, 6) is 0.588. The summed E-state index contributed by atoms with van der Waals surface area (Å²) in [4.78, 5) is 26.7. The Balaban J connectivity index is 1.89. The molecule has 5 nitrogen and oxygen atoms in total. The number of carbonyl (C=O) groups excluding carboxylic acids is 1. The van der Waals surface area contributed by atoms with E-state index in [1.54, 1.807) is 17.7 Å². The number of nitrogens with zero attached hydrogens (tertiary/aromatic N) is 3. The van der Waals surface area contributed by atoms with E-state index in [2.05, 4.69) is 23.8 Å². The van der Waals surface area contributed by atoms with Crippen molar-refractivity contribution >= 4 is 49.5 Å². The maximum absolute atomic E-state index is 11.5. The number of thiophene rings is 1. The third-order valence-electron chi connectivity index (χ3n) is 4.93. The minimum Gasteiger partial charge on any atom is -0.468 e. The van der Waals surface area contributed by atoms with Crippen molar-refractivity contribution in [2.75, 3.05) is 12.9 Å². The molecule has 0 aliphatic heterocycles. The molecule has 3 aromatic heterocycles. The normalized spacial score (nSPS) is 14.1. The van der Waals surface area contributed by atoms with Crippen LogP contribution < -0.4 is 0 Å². The molecule has 0 saturated carbocycles. The summed E-state index contributed by atoms with van der Waals surface area (Å²) in [6.07, 6.45) is 7.29. The second-order valence-electron chi connectivity index (χ2n) is 7.32. The molecule has 0 bridgehead atoms. The molecule has 0 radical (unpaired) electrons. The van der Waals surface area contributed by atoms with E-state index in [0.29, 0.717) is 5.92 Å². The van der Waals surface area contributed by atoms with Gasteiger partial charge in [-0.1, -0.05) is 25.6 Å². The molecule has 3 heterocycles. The summed E-state index contributed by atoms with van der Waals surface area (Å²) in [5.41, 5.74) is 5.13. The number of thioether (sulfide) groups is 1. The molecule has 1 aliphatic rings. The molecular weight excluding hydrogens is 378 g/mol. The molecule has 0 fully saturated rings. The van der Waals surface area contributed by atoms with Crippen molar-refractivity contribution in [2.24, 2.45) is 5.92 Å². The van der Waals surface area contributed by atoms with Crippen LogP contribution >= 0.6 is 23.1 Å². The molecule has 0 aromatic carbocycles. The van der Waals surface area contributed by atoms with Crippen LogP contribution in [0.25, 0.3) is 20.4 Å². The third-order valence-corrected chi connectivity index (χ3v) is 7.10. The molecule has 7 heteroatoms. The number of ether oxygens (including phenoxy) is 1. The van der Waals surface area contributed by atoms with Crippen LogP contribution in [-0.4, -0.2) is 33.8 Å². The van der Waals surface area contributed by atoms with Gasteiger partial charge in [0.15, 0.2) is 0 Å². The first-order valence-corrected chi connectivity index (χ1v) is 11.2. The highest BCUT2D eigenvalue weighted by atomic mass is 32.2. The number of rotatable bonds is 5. The summed E-state index contributed by atoms with van der Waals surface area (Å²) in [6.45, 7) is 4.50. The smallest absolute Gasteiger partial charge is 0.316 e. The Labute approximate surface area is 167 Å². The Morgan fingerprint density at radius 2 is 2.04 bits per heavy atom. The van der Waals surface area contributed by atoms with Gasteiger partial charge in [0, 0.05) is 11.1 Å². The van der Waals surface area contributed by atoms with E-state index in [9.17, 15) is 4.79 Å². The summed E-state index contributed by atoms with van der Waals surface area (Å²) >= 11 is 3.06. The standard InChI is InChI=1S/C20H23N3O2S2/c1-11(2)8-14-12-6-4-5-7-13(12)16-17-18(27-19(16)23-14)20(22-10-21-17)26-9-15(24)25-3/h10-11H,4-9H2,1-3H3. The number of pyridine rings is 1. The summed E-state index contributed by atoms with van der Waals surface area (Å²) in [5, 5.41) is 2.04. The number of aryl methyl sites for hydroxylation is 1. The Morgan fingerprint density at radius 3 is 2.78 bits per heavy atom. The number of esters is 1. The minimum absolute atomic E-state index is 0.248. The van der Waals surface area contributed by atoms with Crippen LogP contribution in [0.4, 0.5) is 0 Å². The van der Waals surface area contributed by atoms with Crippen LogP contribution in [0.1, 0.15) is 43.5 Å². The Bertz CT molecular complexity index is 1010. The number of aromatic nitrogens is 3. The van der Waals surface area contributed by atoms with Crippen LogP contribution in [0.2, 0.25) is 0 Å². The number of hydrogen-bond acceptors (Lipinski definition) is 7. The van der Waals surface area contributed by atoms with Gasteiger partial charge in [-0.15, -0.1) is 11.3 Å². The number of methoxy groups -OCH3 is 1. The lowest BCUT2D eigenvalue weighted by Gasteiger charge is -2.20. The van der Waals surface area contributed by atoms with Crippen LogP contribution in [-0.2, 0) is 28.8 Å². The topological polar surface area (TPSA) is 65.0 Å². The molecule has 27 heavy (non-hydrogen) atoms. The highest BCUT2D eigenvalue weighted by Crippen LogP contribution is 2.41. The number of fused-ring (bicyclic) bond motifs is 5. The van der Waals surface area contributed by atoms with Crippen LogP contribution in [0.15, 0.2) is 11.4 Å². The maximum atomic E-state index is 11.5. The third kappa shape index (κ3) is 3.55. The predicted octanol–water partition coefficient (Wildman–Crippen LogP) is 4.58. The first-order chi connectivity index (χ1) is 13.1. The molecular formula is C20H23N3O2S2. The molecule has 0 N–H and O–H groups in total. The molecule has 0 atom stereocenters. The number of carbonyl (C=O) groups is 1. The van der Waals surface area contributed by atoms with Gasteiger partial charge in [-0.2, -0.15) is 0 Å². The Kier molecular flexibility index (Phi) is 5.32. The van der Waals surface area contributed by atoms with Gasteiger partial charge in [0.2, 0.25) is 0 Å². The van der Waals surface area contributed by atoms with E-state index in [1.807, 2.05) is 0 Å². The lowest BCUT2D eigenvalue weighted by molar-refractivity contribution is -0.137. The Morgan fingerprint density at radius 1 is 1.26 bits per heavy atom. The second kappa shape index (κ2) is 7.72. The average molecular weight is 402 g/mol. The zero-order valence-electron chi connectivity index (χ0n) is 15.9. The van der Waals surface area contributed by atoms with E-state index in [4.69, 9.17) is 9.72 Å². The van der Waals surface area contributed by atoms with Crippen molar-refractivity contribution in [3.63, 3.8) is 0 Å². The van der Waals surface area contributed by atoms with Gasteiger partial charge in [0.05, 0.1) is 23.1 Å². The van der Waals surface area contributed by atoms with Gasteiger partial charge in [0.25, 0.3) is 0 Å². The molecule has 3 aromatic rings. The lowest BCUT2D eigenvalue weighted by Crippen LogP contribution is -2.11. The molecule has 1 aliphatic carbocycles. The maximum Gasteiger partial charge on any atom is 0.316 e. The molecule has 0 saturated heterocycles. The zero-order chi connectivity index (χ0) is 19.0. The van der Waals surface area contributed by atoms with Gasteiger partial charge < -0.3 is 4.74 Å². The first kappa shape index (κ1) is 18.6. The Hall–Kier alpha value is -1.73. The monoisotopic (exact) mass is 401 g/mol. The van der Waals surface area contributed by atoms with E-state index in [0.717, 1.165) is 39.3 Å². The van der Waals surface area contributed by atoms with E-state index in [1.165, 1.54) is 53.9 Å². The van der Waals surface area contributed by atoms with Crippen molar-refractivity contribution < 1.29 is 9.53 Å². The molecule has 0 spiro atoms. The summed E-state index contributed by atoms with van der Waals surface area (Å²) in [6, 6.07) is 0. The van der Waals surface area contributed by atoms with Crippen molar-refractivity contribution in [3.8, 4) is 0 Å². The SMILES string of the molecule is COC(=O)CSc1ncnc2c1sc1nc(CC(C)C)c3c(c12)CCCC3. The highest BCUT2D eigenvalue weighted by molar-refractivity contribution is 8.00. The van der Waals surface area contributed by atoms with Crippen molar-refractivity contribution in [3.05, 3.63) is 23.1 Å². The van der Waals surface area contributed by atoms with E-state index in [-0.39, 0.29) is 11.7 Å². The molecule has 0 amide bonds. The van der Waals surface area contributed by atoms with Gasteiger partial charge in [-0.25, -0.2) is 15.0 Å². The van der Waals surface area contributed by atoms with Gasteiger partial charge in [-0.3, -0.25) is 4.79 Å². The zero-order valence-corrected chi connectivity index (χ0v) is 17.5. The fourth-order valence-electron chi connectivity index (χ4n) is 3.76. The van der Waals surface area contributed by atoms with Gasteiger partial charge >= 0.3 is 5.97 Å². The minimum atomic E-state index is -0.248. The van der Waals surface area contributed by atoms with Gasteiger partial charge in [0.1, 0.15) is 16.2 Å². The van der Waals surface area contributed by atoms with Crippen molar-refractivity contribution in [1.82, 2.24) is 15.0 Å². The van der Waals surface area contributed by atoms with Crippen LogP contribution in [0, 0.1) is 5.92 Å². The second-order valence-corrected chi connectivity index (χ2v) is 9.29. The largest absolute Gasteiger partial charge is 0.468 e. The first-order valence-electron chi connectivity index (χ1n) is 9.36. The molecule has 142 valence electrons. The fraction of sp³-hybridized carbons (Fsp3) is 0.500. The number of hydrogen-bond donors (Lipinski definition) is 0. The van der Waals surface area contributed by atoms with E-state index < -0.39 is 0 Å². The summed E-state index contributed by atoms with van der Waals surface area (Å²) in [7, 11) is 1.41. The van der Waals surface area contributed by atoms with Gasteiger partial charge in [-0.05, 0) is 49.1 Å². The summed E-state index contributed by atoms with van der Waals surface area (Å²) < 4.78 is 5.79. The fourth-order valence-corrected chi connectivity index (χ4v) is 5.85. The quantitative estimate of drug-likeness (QED) is 0.354. The van der Waals surface area contributed by atoms with E-state index >= 15 is 0 Å². The average Bonchev–Trinajstić information content (AvgIpc) is 3.04. The predicted molar refractivity (Wildman–Crippen MR) is 111 cm³/mol. The van der Waals surface area contributed by atoms with Crippen molar-refractivity contribution in [2.45, 2.75) is 51.0 Å². The highest BCUT2D eigenvalue weighted by Gasteiger charge is 2.23. The van der Waals surface area contributed by atoms with Crippen molar-refractivity contribution in [1.29, 1.82) is 0 Å². The van der Waals surface area contributed by atoms with Crippen LogP contribution in [0.5, 0.6) is 0 Å². The molecule has 0 unspecified atom stereocenters. The van der Waals surface area contributed by atoms with Crippen LogP contribution in [0.3, 0.4) is 0 Å².